The van der Waals surface area contributed by atoms with Crippen molar-refractivity contribution in [2.24, 2.45) is 0 Å². The third kappa shape index (κ3) is 2.01. The number of nitrogens with one attached hydrogen (secondary N) is 1. The molecule has 0 atom stereocenters. The van der Waals surface area contributed by atoms with Gasteiger partial charge in [-0.1, -0.05) is 11.6 Å². The smallest absolute Gasteiger partial charge is 0.306 e. The maximum absolute atomic E-state index is 12.4. The number of halogens is 1. The van der Waals surface area contributed by atoms with Crippen molar-refractivity contribution in [3.05, 3.63) is 61.1 Å². The molecule has 0 aliphatic carbocycles. The van der Waals surface area contributed by atoms with Gasteiger partial charge in [0.1, 0.15) is 5.00 Å². The quantitative estimate of drug-likeness (QED) is 0.750. The highest BCUT2D eigenvalue weighted by Gasteiger charge is 2.10. The van der Waals surface area contributed by atoms with Crippen LogP contribution in [0.1, 0.15) is 4.88 Å². The molecule has 2 heterocycles. The highest BCUT2D eigenvalue weighted by atomic mass is 35.5. The van der Waals surface area contributed by atoms with Gasteiger partial charge >= 0.3 is 5.69 Å². The van der Waals surface area contributed by atoms with Crippen LogP contribution in [0.3, 0.4) is 0 Å². The number of aromatic nitrogens is 2. The Hall–Kier alpha value is -1.85. The third-order valence-electron chi connectivity index (χ3n) is 2.81. The average Bonchev–Trinajstić information content (AvgIpc) is 2.75. The molecule has 1 N–H and O–H groups in total. The lowest BCUT2D eigenvalue weighted by molar-refractivity contribution is 0.917. The van der Waals surface area contributed by atoms with E-state index in [0.29, 0.717) is 20.9 Å². The van der Waals surface area contributed by atoms with E-state index in [1.165, 1.54) is 11.3 Å². The van der Waals surface area contributed by atoms with E-state index >= 15 is 0 Å². The molecule has 2 aromatic heterocycles. The van der Waals surface area contributed by atoms with Crippen LogP contribution in [0.15, 0.2) is 39.9 Å². The second-order valence-electron chi connectivity index (χ2n) is 4.14. The van der Waals surface area contributed by atoms with Gasteiger partial charge in [-0.15, -0.1) is 11.3 Å². The van der Waals surface area contributed by atoms with E-state index in [1.54, 1.807) is 24.3 Å². The minimum Gasteiger partial charge on any atom is -0.306 e. The van der Waals surface area contributed by atoms with Crippen LogP contribution < -0.4 is 11.2 Å². The Bertz CT molecular complexity index is 892. The van der Waals surface area contributed by atoms with Gasteiger partial charge in [-0.2, -0.15) is 0 Å². The molecular weight excluding hydrogens is 284 g/mol. The van der Waals surface area contributed by atoms with Crippen LogP contribution in [0.25, 0.3) is 15.9 Å². The minimum atomic E-state index is -0.457. The summed E-state index contributed by atoms with van der Waals surface area (Å²) >= 11 is 7.25. The molecule has 0 radical (unpaired) electrons. The molecule has 1 aromatic carbocycles. The van der Waals surface area contributed by atoms with Gasteiger partial charge in [-0.3, -0.25) is 4.79 Å². The lowest BCUT2D eigenvalue weighted by Gasteiger charge is -2.04. The average molecular weight is 293 g/mol. The molecule has 4 nitrogen and oxygen atoms in total. The van der Waals surface area contributed by atoms with Gasteiger partial charge in [-0.25, -0.2) is 9.36 Å². The number of aromatic amines is 1. The maximum atomic E-state index is 12.4. The Balaban J connectivity index is 2.41. The molecule has 19 heavy (non-hydrogen) atoms. The molecule has 0 amide bonds. The summed E-state index contributed by atoms with van der Waals surface area (Å²) in [5, 5.41) is 1.53. The summed E-state index contributed by atoms with van der Waals surface area (Å²) in [6, 6.07) is 8.46. The first-order chi connectivity index (χ1) is 9.06. The zero-order chi connectivity index (χ0) is 13.6. The molecule has 0 saturated heterocycles. The van der Waals surface area contributed by atoms with Gasteiger partial charge in [0.2, 0.25) is 0 Å². The fraction of sp³-hybridized carbons (Fsp3) is 0.0769. The van der Waals surface area contributed by atoms with Crippen LogP contribution in [0, 0.1) is 6.92 Å². The van der Waals surface area contributed by atoms with Crippen molar-refractivity contribution in [1.29, 1.82) is 0 Å². The Morgan fingerprint density at radius 1 is 1.21 bits per heavy atom. The summed E-state index contributed by atoms with van der Waals surface area (Å²) in [5.41, 5.74) is -0.342. The van der Waals surface area contributed by atoms with Crippen molar-refractivity contribution in [3.8, 4) is 5.00 Å². The van der Waals surface area contributed by atoms with Gasteiger partial charge < -0.3 is 4.98 Å². The fourth-order valence-corrected chi connectivity index (χ4v) is 2.96. The molecule has 3 rings (SSSR count). The van der Waals surface area contributed by atoms with E-state index in [9.17, 15) is 9.59 Å². The number of hydrogen-bond donors (Lipinski definition) is 1. The lowest BCUT2D eigenvalue weighted by Crippen LogP contribution is -2.32. The topological polar surface area (TPSA) is 54.9 Å². The van der Waals surface area contributed by atoms with Crippen LogP contribution in [-0.2, 0) is 0 Å². The summed E-state index contributed by atoms with van der Waals surface area (Å²) < 4.78 is 1.15. The molecule has 96 valence electrons. The van der Waals surface area contributed by atoms with Crippen molar-refractivity contribution in [2.75, 3.05) is 0 Å². The van der Waals surface area contributed by atoms with Gasteiger partial charge in [-0.05, 0) is 37.3 Å². The second kappa shape index (κ2) is 4.36. The second-order valence-corrected chi connectivity index (χ2v) is 5.85. The van der Waals surface area contributed by atoms with Gasteiger partial charge in [0.15, 0.2) is 0 Å². The maximum Gasteiger partial charge on any atom is 0.334 e. The van der Waals surface area contributed by atoms with Crippen molar-refractivity contribution in [2.45, 2.75) is 6.92 Å². The summed E-state index contributed by atoms with van der Waals surface area (Å²) in [5.74, 6) is 0. The number of thiophene rings is 1. The van der Waals surface area contributed by atoms with Crippen molar-refractivity contribution in [1.82, 2.24) is 9.55 Å². The first-order valence-electron chi connectivity index (χ1n) is 5.58. The van der Waals surface area contributed by atoms with Crippen LogP contribution in [0.2, 0.25) is 5.02 Å². The van der Waals surface area contributed by atoms with E-state index in [1.807, 2.05) is 13.0 Å². The number of benzene rings is 1. The van der Waals surface area contributed by atoms with Crippen LogP contribution >= 0.6 is 22.9 Å². The normalized spacial score (nSPS) is 11.1. The van der Waals surface area contributed by atoms with Crippen LogP contribution in [0.4, 0.5) is 0 Å². The van der Waals surface area contributed by atoms with Gasteiger partial charge in [0, 0.05) is 9.90 Å². The highest BCUT2D eigenvalue weighted by molar-refractivity contribution is 7.14. The summed E-state index contributed by atoms with van der Waals surface area (Å²) in [7, 11) is 0. The first kappa shape index (κ1) is 12.2. The van der Waals surface area contributed by atoms with Gasteiger partial charge in [0.05, 0.1) is 10.9 Å². The Kier molecular flexibility index (Phi) is 2.80. The molecule has 0 bridgehead atoms. The number of nitrogens with zero attached hydrogens (tertiary/aromatic N) is 1. The van der Waals surface area contributed by atoms with E-state index in [-0.39, 0.29) is 5.56 Å². The Morgan fingerprint density at radius 2 is 2.00 bits per heavy atom. The van der Waals surface area contributed by atoms with Crippen molar-refractivity contribution >= 4 is 33.8 Å². The standard InChI is InChI=1S/C13H9ClN2O2S/c1-7-2-5-11(19-7)16-12(17)9-4-3-8(14)6-10(9)15-13(16)18/h2-6H,1H3,(H,15,18). The zero-order valence-electron chi connectivity index (χ0n) is 9.94. The van der Waals surface area contributed by atoms with Crippen molar-refractivity contribution in [3.63, 3.8) is 0 Å². The number of rotatable bonds is 1. The Labute approximate surface area is 116 Å². The molecule has 0 aliphatic rings. The number of aryl methyl sites for hydroxylation is 1. The Morgan fingerprint density at radius 3 is 2.68 bits per heavy atom. The van der Waals surface area contributed by atoms with E-state index in [0.717, 1.165) is 9.44 Å². The minimum absolute atomic E-state index is 0.336. The van der Waals surface area contributed by atoms with Crippen molar-refractivity contribution < 1.29 is 0 Å². The molecular formula is C13H9ClN2O2S. The van der Waals surface area contributed by atoms with Crippen LogP contribution in [0.5, 0.6) is 0 Å². The van der Waals surface area contributed by atoms with E-state index in [4.69, 9.17) is 11.6 Å². The predicted octanol–water partition coefficient (Wildman–Crippen LogP) is 2.70. The number of H-pyrrole nitrogens is 1. The third-order valence-corrected chi connectivity index (χ3v) is 4.03. The number of hydrogen-bond acceptors (Lipinski definition) is 3. The summed E-state index contributed by atoms with van der Waals surface area (Å²) in [4.78, 5) is 28.1. The molecule has 0 saturated carbocycles. The monoisotopic (exact) mass is 292 g/mol. The molecule has 0 spiro atoms. The van der Waals surface area contributed by atoms with E-state index in [2.05, 4.69) is 4.98 Å². The largest absolute Gasteiger partial charge is 0.334 e. The SMILES string of the molecule is Cc1ccc(-n2c(=O)[nH]c3cc(Cl)ccc3c2=O)s1. The summed E-state index contributed by atoms with van der Waals surface area (Å²) in [6.07, 6.45) is 0. The molecule has 0 fully saturated rings. The first-order valence-corrected chi connectivity index (χ1v) is 6.77. The fourth-order valence-electron chi connectivity index (χ4n) is 1.93. The van der Waals surface area contributed by atoms with E-state index < -0.39 is 5.69 Å². The predicted molar refractivity (Wildman–Crippen MR) is 77.8 cm³/mol. The highest BCUT2D eigenvalue weighted by Crippen LogP contribution is 2.18. The summed E-state index contributed by atoms with van der Waals surface area (Å²) in [6.45, 7) is 1.92. The van der Waals surface area contributed by atoms with Crippen LogP contribution in [-0.4, -0.2) is 9.55 Å². The molecule has 0 aliphatic heterocycles. The van der Waals surface area contributed by atoms with Gasteiger partial charge in [0.25, 0.3) is 5.56 Å². The molecule has 3 aromatic rings. The lowest BCUT2D eigenvalue weighted by atomic mass is 10.2. The molecule has 0 unspecified atom stereocenters. The zero-order valence-corrected chi connectivity index (χ0v) is 11.5. The number of fused-ring (bicyclic) bond motifs is 1. The molecule has 6 heteroatoms.